The molecule has 2 aromatic rings. The maximum Gasteiger partial charge on any atom is 0.254 e. The summed E-state index contributed by atoms with van der Waals surface area (Å²) >= 11 is 0. The lowest BCUT2D eigenvalue weighted by atomic mass is 10.1. The fourth-order valence-electron chi connectivity index (χ4n) is 4.40. The van der Waals surface area contributed by atoms with Crippen molar-refractivity contribution >= 4 is 17.5 Å². The van der Waals surface area contributed by atoms with E-state index in [1.807, 2.05) is 24.3 Å². The first-order valence-electron chi connectivity index (χ1n) is 11.3. The zero-order valence-corrected chi connectivity index (χ0v) is 18.5. The van der Waals surface area contributed by atoms with Gasteiger partial charge >= 0.3 is 0 Å². The number of hydrogen-bond acceptors (Lipinski definition) is 4. The lowest BCUT2D eigenvalue weighted by molar-refractivity contribution is -0.120. The molecule has 2 saturated heterocycles. The number of anilines is 1. The van der Waals surface area contributed by atoms with Gasteiger partial charge in [-0.2, -0.15) is 0 Å². The van der Waals surface area contributed by atoms with E-state index in [1.165, 1.54) is 48.6 Å². The van der Waals surface area contributed by atoms with Gasteiger partial charge < -0.3 is 19.4 Å². The van der Waals surface area contributed by atoms with Gasteiger partial charge in [0.2, 0.25) is 5.91 Å². The van der Waals surface area contributed by atoms with Crippen LogP contribution in [0.3, 0.4) is 0 Å². The van der Waals surface area contributed by atoms with Crippen molar-refractivity contribution in [1.82, 2.24) is 9.80 Å². The minimum Gasteiger partial charge on any atom is -0.494 e. The van der Waals surface area contributed by atoms with Gasteiger partial charge in [-0.25, -0.2) is 4.39 Å². The van der Waals surface area contributed by atoms with Gasteiger partial charge in [-0.1, -0.05) is 0 Å². The molecule has 0 unspecified atom stereocenters. The minimum atomic E-state index is -0.393. The molecule has 0 saturated carbocycles. The Morgan fingerprint density at radius 3 is 2.47 bits per heavy atom. The number of carbonyl (C=O) groups is 2. The second-order valence-electron chi connectivity index (χ2n) is 8.50. The largest absolute Gasteiger partial charge is 0.494 e. The highest BCUT2D eigenvalue weighted by atomic mass is 19.1. The molecule has 2 heterocycles. The van der Waals surface area contributed by atoms with Crippen LogP contribution in [0.2, 0.25) is 0 Å². The van der Waals surface area contributed by atoms with E-state index in [-0.39, 0.29) is 18.4 Å². The third kappa shape index (κ3) is 5.27. The van der Waals surface area contributed by atoms with E-state index in [9.17, 15) is 14.0 Å². The number of nitrogens with zero attached hydrogens (tertiary/aromatic N) is 3. The van der Waals surface area contributed by atoms with E-state index >= 15 is 0 Å². The predicted molar refractivity (Wildman–Crippen MR) is 121 cm³/mol. The van der Waals surface area contributed by atoms with Gasteiger partial charge in [-0.15, -0.1) is 0 Å². The highest BCUT2D eigenvalue weighted by molar-refractivity contribution is 6.01. The highest BCUT2D eigenvalue weighted by Crippen LogP contribution is 2.22. The van der Waals surface area contributed by atoms with Gasteiger partial charge in [0.15, 0.2) is 0 Å². The van der Waals surface area contributed by atoms with Crippen LogP contribution in [0, 0.1) is 5.82 Å². The second-order valence-corrected chi connectivity index (χ2v) is 8.50. The number of rotatable bonds is 7. The van der Waals surface area contributed by atoms with Crippen LogP contribution in [0.1, 0.15) is 36.5 Å². The molecule has 0 N–H and O–H groups in total. The summed E-state index contributed by atoms with van der Waals surface area (Å²) in [5.41, 5.74) is 1.18. The van der Waals surface area contributed by atoms with Crippen molar-refractivity contribution in [3.63, 3.8) is 0 Å². The van der Waals surface area contributed by atoms with Crippen molar-refractivity contribution in [2.45, 2.75) is 32.2 Å². The normalized spacial score (nSPS) is 19.4. The van der Waals surface area contributed by atoms with Gasteiger partial charge in [-0.3, -0.25) is 9.59 Å². The molecule has 0 bridgehead atoms. The molecule has 1 atom stereocenters. The van der Waals surface area contributed by atoms with Crippen LogP contribution in [-0.4, -0.2) is 67.0 Å². The minimum absolute atomic E-state index is 0.00336. The number of hydrogen-bond donors (Lipinski definition) is 0. The SMILES string of the molecule is C[C@@H]1CCCN1CCCOc1ccc(N2CCN(C(=O)c3ccc(F)cc3)CC2=O)cc1. The molecule has 170 valence electrons. The number of piperazine rings is 1. The standard InChI is InChI=1S/C25H30FN3O3/c1-19-4-2-13-27(19)14-3-17-32-23-11-9-22(10-12-23)29-16-15-28(18-24(29)30)25(31)20-5-7-21(26)8-6-20/h5-12,19H,2-4,13-18H2,1H3/t19-/m1/s1. The van der Waals surface area contributed by atoms with E-state index < -0.39 is 5.82 Å². The Balaban J connectivity index is 1.25. The van der Waals surface area contributed by atoms with Crippen LogP contribution in [-0.2, 0) is 4.79 Å². The topological polar surface area (TPSA) is 53.1 Å². The number of ether oxygens (including phenoxy) is 1. The van der Waals surface area contributed by atoms with Crippen LogP contribution in [0.4, 0.5) is 10.1 Å². The summed E-state index contributed by atoms with van der Waals surface area (Å²) in [6.07, 6.45) is 3.57. The first kappa shape index (κ1) is 22.3. The number of amides is 2. The van der Waals surface area contributed by atoms with Gasteiger partial charge in [0.25, 0.3) is 5.91 Å². The van der Waals surface area contributed by atoms with Gasteiger partial charge in [0, 0.05) is 36.9 Å². The van der Waals surface area contributed by atoms with Crippen molar-refractivity contribution in [2.75, 3.05) is 44.2 Å². The van der Waals surface area contributed by atoms with Crippen molar-refractivity contribution in [3.05, 3.63) is 59.9 Å². The number of halogens is 1. The van der Waals surface area contributed by atoms with Crippen LogP contribution in [0.25, 0.3) is 0 Å². The smallest absolute Gasteiger partial charge is 0.254 e. The van der Waals surface area contributed by atoms with E-state index in [1.54, 1.807) is 4.90 Å². The number of carbonyl (C=O) groups excluding carboxylic acids is 2. The maximum atomic E-state index is 13.1. The quantitative estimate of drug-likeness (QED) is 0.619. The van der Waals surface area contributed by atoms with Gasteiger partial charge in [-0.05, 0) is 81.3 Å². The Bertz CT molecular complexity index is 932. The number of likely N-dealkylation sites (tertiary alicyclic amines) is 1. The summed E-state index contributed by atoms with van der Waals surface area (Å²) in [4.78, 5) is 31.0. The summed E-state index contributed by atoms with van der Waals surface area (Å²) in [5.74, 6) is 0.00189. The van der Waals surface area contributed by atoms with E-state index in [0.717, 1.165) is 24.4 Å². The molecule has 32 heavy (non-hydrogen) atoms. The molecular formula is C25H30FN3O3. The lowest BCUT2D eigenvalue weighted by Crippen LogP contribution is -2.52. The Labute approximate surface area is 188 Å². The van der Waals surface area contributed by atoms with E-state index in [2.05, 4.69) is 11.8 Å². The number of benzene rings is 2. The summed E-state index contributed by atoms with van der Waals surface area (Å²) < 4.78 is 19.0. The van der Waals surface area contributed by atoms with Gasteiger partial charge in [0.05, 0.1) is 6.61 Å². The first-order valence-corrected chi connectivity index (χ1v) is 11.3. The first-order chi connectivity index (χ1) is 15.5. The molecule has 0 aromatic heterocycles. The maximum absolute atomic E-state index is 13.1. The fourth-order valence-corrected chi connectivity index (χ4v) is 4.40. The summed E-state index contributed by atoms with van der Waals surface area (Å²) in [6.45, 7) is 6.05. The predicted octanol–water partition coefficient (Wildman–Crippen LogP) is 3.57. The molecule has 0 aliphatic carbocycles. The zero-order valence-electron chi connectivity index (χ0n) is 18.5. The third-order valence-corrected chi connectivity index (χ3v) is 6.30. The molecular weight excluding hydrogens is 409 g/mol. The molecule has 7 heteroatoms. The van der Waals surface area contributed by atoms with Crippen LogP contribution >= 0.6 is 0 Å². The van der Waals surface area contributed by atoms with Crippen LogP contribution < -0.4 is 9.64 Å². The van der Waals surface area contributed by atoms with Crippen molar-refractivity contribution in [1.29, 1.82) is 0 Å². The lowest BCUT2D eigenvalue weighted by Gasteiger charge is -2.34. The van der Waals surface area contributed by atoms with Crippen LogP contribution in [0.5, 0.6) is 5.75 Å². The van der Waals surface area contributed by atoms with Crippen molar-refractivity contribution in [3.8, 4) is 5.75 Å². The molecule has 4 rings (SSSR count). The molecule has 2 aliphatic heterocycles. The highest BCUT2D eigenvalue weighted by Gasteiger charge is 2.28. The van der Waals surface area contributed by atoms with Crippen molar-refractivity contribution in [2.24, 2.45) is 0 Å². The van der Waals surface area contributed by atoms with Crippen LogP contribution in [0.15, 0.2) is 48.5 Å². The average molecular weight is 440 g/mol. The Kier molecular flexibility index (Phi) is 7.05. The van der Waals surface area contributed by atoms with E-state index in [0.29, 0.717) is 31.3 Å². The van der Waals surface area contributed by atoms with Gasteiger partial charge in [0.1, 0.15) is 18.1 Å². The molecule has 0 spiro atoms. The second kappa shape index (κ2) is 10.1. The molecule has 0 radical (unpaired) electrons. The molecule has 2 fully saturated rings. The molecule has 2 aromatic carbocycles. The van der Waals surface area contributed by atoms with Crippen molar-refractivity contribution < 1.29 is 18.7 Å². The monoisotopic (exact) mass is 439 g/mol. The summed E-state index contributed by atoms with van der Waals surface area (Å²) in [6, 6.07) is 13.6. The Morgan fingerprint density at radius 1 is 1.06 bits per heavy atom. The Hall–Kier alpha value is -2.93. The third-order valence-electron chi connectivity index (χ3n) is 6.30. The molecule has 6 nitrogen and oxygen atoms in total. The average Bonchev–Trinajstić information content (AvgIpc) is 3.22. The zero-order chi connectivity index (χ0) is 22.5. The molecule has 2 aliphatic rings. The fraction of sp³-hybridized carbons (Fsp3) is 0.440. The van der Waals surface area contributed by atoms with E-state index in [4.69, 9.17) is 4.74 Å². The molecule has 2 amide bonds. The Morgan fingerprint density at radius 2 is 1.81 bits per heavy atom. The summed E-state index contributed by atoms with van der Waals surface area (Å²) in [5, 5.41) is 0. The summed E-state index contributed by atoms with van der Waals surface area (Å²) in [7, 11) is 0.